The zero-order valence-electron chi connectivity index (χ0n) is 23.0. The van der Waals surface area contributed by atoms with Gasteiger partial charge in [-0.2, -0.15) is 0 Å². The van der Waals surface area contributed by atoms with Gasteiger partial charge in [-0.1, -0.05) is 74.5 Å². The number of aromatic hydroxyl groups is 1. The molecule has 1 N–H and O–H groups in total. The van der Waals surface area contributed by atoms with Crippen LogP contribution in [-0.4, -0.2) is 19.6 Å². The van der Waals surface area contributed by atoms with Gasteiger partial charge in [-0.25, -0.2) is 9.97 Å². The highest BCUT2D eigenvalue weighted by molar-refractivity contribution is 6.09. The highest BCUT2D eigenvalue weighted by Crippen LogP contribution is 2.38. The average molecular weight is 536 g/mol. The van der Waals surface area contributed by atoms with Gasteiger partial charge in [-0.05, 0) is 65.9 Å². The Hall–Kier alpha value is -5.16. The van der Waals surface area contributed by atoms with Gasteiger partial charge in [-0.15, -0.1) is 0 Å². The summed E-state index contributed by atoms with van der Waals surface area (Å²) < 4.78 is 8.66. The van der Waals surface area contributed by atoms with Gasteiger partial charge in [0, 0.05) is 34.0 Å². The number of aryl methyl sites for hydroxylation is 2. The van der Waals surface area contributed by atoms with Crippen LogP contribution in [0.4, 0.5) is 0 Å². The quantitative estimate of drug-likeness (QED) is 0.231. The summed E-state index contributed by atoms with van der Waals surface area (Å²) >= 11 is 0. The van der Waals surface area contributed by atoms with Crippen LogP contribution in [0.5, 0.6) is 17.4 Å². The molecule has 0 bridgehead atoms. The highest BCUT2D eigenvalue weighted by Gasteiger charge is 2.17. The smallest absolute Gasteiger partial charge is 0.220 e. The first kappa shape index (κ1) is 24.9. The number of fused-ring (bicyclic) bond motifs is 4. The van der Waals surface area contributed by atoms with Crippen molar-refractivity contribution in [3.05, 3.63) is 120 Å². The summed E-state index contributed by atoms with van der Waals surface area (Å²) in [7, 11) is 0. The molecule has 0 radical (unpaired) electrons. The third kappa shape index (κ3) is 4.36. The summed E-state index contributed by atoms with van der Waals surface area (Å²) in [6, 6.07) is 36.4. The van der Waals surface area contributed by atoms with Gasteiger partial charge in [0.05, 0.1) is 11.0 Å². The van der Waals surface area contributed by atoms with Crippen LogP contribution >= 0.6 is 0 Å². The molecule has 0 amide bonds. The molecule has 5 nitrogen and oxygen atoms in total. The van der Waals surface area contributed by atoms with Crippen LogP contribution in [0.3, 0.4) is 0 Å². The van der Waals surface area contributed by atoms with Crippen LogP contribution < -0.4 is 4.74 Å². The van der Waals surface area contributed by atoms with Gasteiger partial charge in [0.25, 0.3) is 0 Å². The molecule has 0 aliphatic carbocycles. The molecule has 7 aromatic rings. The van der Waals surface area contributed by atoms with E-state index < -0.39 is 0 Å². The van der Waals surface area contributed by atoms with E-state index in [9.17, 15) is 5.11 Å². The molecular formula is C36H29N3O2. The van der Waals surface area contributed by atoms with Gasteiger partial charge in [0.1, 0.15) is 22.8 Å². The fourth-order valence-electron chi connectivity index (χ4n) is 5.63. The lowest BCUT2D eigenvalue weighted by Gasteiger charge is -2.13. The van der Waals surface area contributed by atoms with E-state index in [0.29, 0.717) is 17.1 Å². The van der Waals surface area contributed by atoms with E-state index in [4.69, 9.17) is 14.7 Å². The van der Waals surface area contributed by atoms with Crippen LogP contribution in [0.25, 0.3) is 49.7 Å². The second-order valence-electron chi connectivity index (χ2n) is 10.2. The molecule has 0 atom stereocenters. The van der Waals surface area contributed by atoms with Gasteiger partial charge in [0.15, 0.2) is 0 Å². The Labute approximate surface area is 238 Å². The zero-order valence-corrected chi connectivity index (χ0v) is 23.0. The average Bonchev–Trinajstić information content (AvgIpc) is 3.35. The third-order valence-corrected chi connectivity index (χ3v) is 7.67. The molecule has 3 aromatic heterocycles. The number of benzene rings is 4. The summed E-state index contributed by atoms with van der Waals surface area (Å²) in [5.74, 6) is 2.10. The van der Waals surface area contributed by atoms with E-state index in [2.05, 4.69) is 79.1 Å². The number of aromatic nitrogens is 3. The van der Waals surface area contributed by atoms with Crippen molar-refractivity contribution in [3.63, 3.8) is 0 Å². The lowest BCUT2D eigenvalue weighted by atomic mass is 10.0. The van der Waals surface area contributed by atoms with Gasteiger partial charge in [-0.3, -0.25) is 4.57 Å². The van der Waals surface area contributed by atoms with Crippen molar-refractivity contribution in [1.29, 1.82) is 0 Å². The fourth-order valence-corrected chi connectivity index (χ4v) is 5.63. The van der Waals surface area contributed by atoms with Gasteiger partial charge in [0.2, 0.25) is 5.88 Å². The van der Waals surface area contributed by atoms with Crippen LogP contribution in [0.15, 0.2) is 109 Å². The number of ether oxygens (including phenoxy) is 1. The minimum atomic E-state index is 0.120. The zero-order chi connectivity index (χ0) is 27.9. The molecule has 0 aliphatic heterocycles. The molecule has 5 heteroatoms. The fraction of sp³-hybridized carbons (Fsp3) is 0.111. The first-order valence-corrected chi connectivity index (χ1v) is 14.0. The summed E-state index contributed by atoms with van der Waals surface area (Å²) in [6.07, 6.45) is 1.81. The lowest BCUT2D eigenvalue weighted by molar-refractivity contribution is 0.460. The predicted octanol–water partition coefficient (Wildman–Crippen LogP) is 9.02. The molecule has 0 spiro atoms. The van der Waals surface area contributed by atoms with E-state index >= 15 is 0 Å². The SMILES string of the molecule is CCc1cc(CC)nc(-n2c3ccccc3c3ccc(Oc4cc(-c5ccccc5)c5cccc(O)c5n4)cc32)c1. The number of rotatable bonds is 6. The van der Waals surface area contributed by atoms with E-state index in [1.807, 2.05) is 42.5 Å². The van der Waals surface area contributed by atoms with Crippen LogP contribution in [0, 0.1) is 0 Å². The molecular weight excluding hydrogens is 506 g/mol. The number of hydrogen-bond donors (Lipinski definition) is 1. The maximum absolute atomic E-state index is 10.7. The topological polar surface area (TPSA) is 60.2 Å². The predicted molar refractivity (Wildman–Crippen MR) is 166 cm³/mol. The van der Waals surface area contributed by atoms with Crippen molar-refractivity contribution in [2.45, 2.75) is 26.7 Å². The van der Waals surface area contributed by atoms with Crippen molar-refractivity contribution in [3.8, 4) is 34.3 Å². The number of pyridine rings is 2. The molecule has 0 fully saturated rings. The Balaban J connectivity index is 1.41. The highest BCUT2D eigenvalue weighted by atomic mass is 16.5. The lowest BCUT2D eigenvalue weighted by Crippen LogP contribution is -2.02. The van der Waals surface area contributed by atoms with Gasteiger partial charge >= 0.3 is 0 Å². The van der Waals surface area contributed by atoms with Crippen LogP contribution in [0.2, 0.25) is 0 Å². The molecule has 0 aliphatic rings. The number of para-hydroxylation sites is 2. The first-order chi connectivity index (χ1) is 20.1. The van der Waals surface area contributed by atoms with Crippen molar-refractivity contribution >= 4 is 32.7 Å². The number of hydrogen-bond acceptors (Lipinski definition) is 4. The molecule has 0 unspecified atom stereocenters. The molecule has 200 valence electrons. The second kappa shape index (κ2) is 10.1. The largest absolute Gasteiger partial charge is 0.506 e. The van der Waals surface area contributed by atoms with Crippen LogP contribution in [0.1, 0.15) is 25.1 Å². The summed E-state index contributed by atoms with van der Waals surface area (Å²) in [5, 5.41) is 13.8. The maximum Gasteiger partial charge on any atom is 0.220 e. The molecule has 0 saturated carbocycles. The minimum Gasteiger partial charge on any atom is -0.506 e. The second-order valence-corrected chi connectivity index (χ2v) is 10.2. The summed E-state index contributed by atoms with van der Waals surface area (Å²) in [6.45, 7) is 4.32. The molecule has 7 rings (SSSR count). The number of phenolic OH excluding ortho intramolecular Hbond substituents is 1. The van der Waals surface area contributed by atoms with Gasteiger partial charge < -0.3 is 9.84 Å². The normalized spacial score (nSPS) is 11.5. The Morgan fingerprint density at radius 3 is 2.29 bits per heavy atom. The van der Waals surface area contributed by atoms with Crippen molar-refractivity contribution in [2.24, 2.45) is 0 Å². The molecule has 0 saturated heterocycles. The van der Waals surface area contributed by atoms with Crippen molar-refractivity contribution < 1.29 is 9.84 Å². The minimum absolute atomic E-state index is 0.120. The van der Waals surface area contributed by atoms with E-state index in [1.165, 1.54) is 5.56 Å². The number of phenols is 1. The van der Waals surface area contributed by atoms with E-state index in [-0.39, 0.29) is 5.75 Å². The Bertz CT molecular complexity index is 2040. The first-order valence-electron chi connectivity index (χ1n) is 14.0. The Morgan fingerprint density at radius 1 is 0.683 bits per heavy atom. The molecule has 4 aromatic carbocycles. The maximum atomic E-state index is 10.7. The molecule has 3 heterocycles. The molecule has 41 heavy (non-hydrogen) atoms. The standard InChI is InChI=1S/C36H29N3O2/c1-3-23-19-25(4-2)37-34(20-23)39-31-15-9-8-13-27(31)28-18-17-26(21-32(28)39)41-35-22-30(24-11-6-5-7-12-24)29-14-10-16-33(40)36(29)38-35/h5-22,40H,3-4H2,1-2H3. The summed E-state index contributed by atoms with van der Waals surface area (Å²) in [5.41, 5.74) is 6.93. The monoisotopic (exact) mass is 535 g/mol. The summed E-state index contributed by atoms with van der Waals surface area (Å²) in [4.78, 5) is 9.74. The van der Waals surface area contributed by atoms with E-state index in [1.54, 1.807) is 6.07 Å². The van der Waals surface area contributed by atoms with Crippen molar-refractivity contribution in [1.82, 2.24) is 14.5 Å². The number of nitrogens with zero attached hydrogens (tertiary/aromatic N) is 3. The van der Waals surface area contributed by atoms with Crippen molar-refractivity contribution in [2.75, 3.05) is 0 Å². The van der Waals surface area contributed by atoms with E-state index in [0.717, 1.165) is 62.7 Å². The Kier molecular flexibility index (Phi) is 6.12. The third-order valence-electron chi connectivity index (χ3n) is 7.67. The Morgan fingerprint density at radius 2 is 1.46 bits per heavy atom. The van der Waals surface area contributed by atoms with Crippen LogP contribution in [-0.2, 0) is 12.8 Å².